The van der Waals surface area contributed by atoms with Gasteiger partial charge in [-0.1, -0.05) is 18.2 Å². The molecule has 2 aromatic rings. The molecule has 0 amide bonds. The summed E-state index contributed by atoms with van der Waals surface area (Å²) in [4.78, 5) is 4.86. The molecule has 27 heavy (non-hydrogen) atoms. The van der Waals surface area contributed by atoms with E-state index in [4.69, 9.17) is 0 Å². The first-order valence-electron chi connectivity index (χ1n) is 9.23. The third kappa shape index (κ3) is 6.71. The zero-order valence-electron chi connectivity index (χ0n) is 16.3. The summed E-state index contributed by atoms with van der Waals surface area (Å²) in [6.07, 6.45) is 0.862. The van der Waals surface area contributed by atoms with Crippen LogP contribution in [0.3, 0.4) is 0 Å². The van der Waals surface area contributed by atoms with Crippen molar-refractivity contribution in [3.8, 4) is 0 Å². The molecule has 0 fully saturated rings. The second-order valence-electron chi connectivity index (χ2n) is 6.32. The predicted octanol–water partition coefficient (Wildman–Crippen LogP) is 1.92. The fourth-order valence-electron chi connectivity index (χ4n) is 2.70. The lowest BCUT2D eigenvalue weighted by molar-refractivity contribution is 0.567. The molecule has 0 spiro atoms. The molecule has 0 saturated heterocycles. The quantitative estimate of drug-likeness (QED) is 0.387. The highest BCUT2D eigenvalue weighted by Gasteiger charge is 2.13. The molecule has 0 atom stereocenters. The molecule has 0 aliphatic rings. The van der Waals surface area contributed by atoms with Crippen molar-refractivity contribution >= 4 is 15.8 Å². The number of hydrogen-bond donors (Lipinski definition) is 2. The minimum absolute atomic E-state index is 0.0210. The number of aromatic nitrogens is 2. The number of sulfone groups is 1. The fraction of sp³-hybridized carbons (Fsp3) is 0.474. The highest BCUT2D eigenvalue weighted by atomic mass is 32.2. The van der Waals surface area contributed by atoms with Crippen LogP contribution in [0.1, 0.15) is 24.7 Å². The first-order valence-corrected chi connectivity index (χ1v) is 10.9. The van der Waals surface area contributed by atoms with Gasteiger partial charge in [0.2, 0.25) is 0 Å². The maximum Gasteiger partial charge on any atom is 0.191 e. The van der Waals surface area contributed by atoms with E-state index in [9.17, 15) is 8.42 Å². The van der Waals surface area contributed by atoms with Crippen molar-refractivity contribution in [1.82, 2.24) is 20.4 Å². The molecular formula is C19H29N5O2S. The largest absolute Gasteiger partial charge is 0.357 e. The van der Waals surface area contributed by atoms with Gasteiger partial charge in [-0.2, -0.15) is 5.10 Å². The molecule has 148 valence electrons. The number of nitrogens with one attached hydrogen (secondary N) is 2. The number of rotatable bonds is 9. The van der Waals surface area contributed by atoms with E-state index in [0.29, 0.717) is 30.5 Å². The van der Waals surface area contributed by atoms with Crippen molar-refractivity contribution in [2.45, 2.75) is 38.6 Å². The summed E-state index contributed by atoms with van der Waals surface area (Å²) in [6.45, 7) is 8.48. The Morgan fingerprint density at radius 1 is 1.19 bits per heavy atom. The van der Waals surface area contributed by atoms with Gasteiger partial charge in [0.1, 0.15) is 0 Å². The van der Waals surface area contributed by atoms with Gasteiger partial charge in [0.15, 0.2) is 15.8 Å². The van der Waals surface area contributed by atoms with Gasteiger partial charge in [-0.15, -0.1) is 0 Å². The number of nitrogens with zero attached hydrogens (tertiary/aromatic N) is 3. The van der Waals surface area contributed by atoms with Gasteiger partial charge in [-0.05, 0) is 45.4 Å². The van der Waals surface area contributed by atoms with E-state index in [1.165, 1.54) is 0 Å². The molecule has 0 aliphatic carbocycles. The topological polar surface area (TPSA) is 88.4 Å². The van der Waals surface area contributed by atoms with Crippen molar-refractivity contribution in [3.63, 3.8) is 0 Å². The fourth-order valence-corrected chi connectivity index (χ4v) is 3.88. The van der Waals surface area contributed by atoms with Crippen LogP contribution in [0.4, 0.5) is 0 Å². The lowest BCUT2D eigenvalue weighted by Gasteiger charge is -2.12. The molecule has 0 unspecified atom stereocenters. The Balaban J connectivity index is 1.82. The Morgan fingerprint density at radius 3 is 2.56 bits per heavy atom. The smallest absolute Gasteiger partial charge is 0.191 e. The SMILES string of the molecule is CCNC(=NCCCn1nc(C)cc1C)NCCS(=O)(=O)c1ccccc1. The summed E-state index contributed by atoms with van der Waals surface area (Å²) < 4.78 is 26.6. The van der Waals surface area contributed by atoms with E-state index in [2.05, 4.69) is 26.8 Å². The number of benzene rings is 1. The van der Waals surface area contributed by atoms with Crippen molar-refractivity contribution in [2.24, 2.45) is 4.99 Å². The Morgan fingerprint density at radius 2 is 1.93 bits per heavy atom. The summed E-state index contributed by atoms with van der Waals surface area (Å²) in [6, 6.07) is 10.6. The van der Waals surface area contributed by atoms with Gasteiger partial charge in [-0.25, -0.2) is 8.42 Å². The Hall–Kier alpha value is -2.35. The van der Waals surface area contributed by atoms with E-state index in [1.807, 2.05) is 25.5 Å². The number of guanidine groups is 1. The first-order chi connectivity index (χ1) is 12.9. The lowest BCUT2D eigenvalue weighted by Crippen LogP contribution is -2.39. The molecule has 0 saturated carbocycles. The van der Waals surface area contributed by atoms with Gasteiger partial charge in [-0.3, -0.25) is 9.67 Å². The highest BCUT2D eigenvalue weighted by Crippen LogP contribution is 2.09. The Kier molecular flexibility index (Phi) is 7.84. The standard InChI is InChI=1S/C19H29N5O2S/c1-4-20-19(21-11-8-13-24-17(3)15-16(2)23-24)22-12-14-27(25,26)18-9-6-5-7-10-18/h5-7,9-10,15H,4,8,11-14H2,1-3H3,(H2,20,21,22). The van der Waals surface area contributed by atoms with E-state index >= 15 is 0 Å². The lowest BCUT2D eigenvalue weighted by atomic mass is 10.4. The van der Waals surface area contributed by atoms with Gasteiger partial charge in [0, 0.05) is 31.9 Å². The maximum absolute atomic E-state index is 12.3. The van der Waals surface area contributed by atoms with Crippen LogP contribution in [-0.2, 0) is 16.4 Å². The molecule has 1 heterocycles. The molecule has 0 radical (unpaired) electrons. The second kappa shape index (κ2) is 10.1. The minimum Gasteiger partial charge on any atom is -0.357 e. The summed E-state index contributed by atoms with van der Waals surface area (Å²) in [5.74, 6) is 0.654. The Labute approximate surface area is 161 Å². The molecule has 1 aromatic heterocycles. The molecule has 7 nitrogen and oxygen atoms in total. The van der Waals surface area contributed by atoms with Crippen LogP contribution in [-0.4, -0.2) is 49.5 Å². The highest BCUT2D eigenvalue weighted by molar-refractivity contribution is 7.91. The third-order valence-electron chi connectivity index (χ3n) is 4.01. The van der Waals surface area contributed by atoms with Gasteiger partial charge < -0.3 is 10.6 Å². The van der Waals surface area contributed by atoms with Crippen LogP contribution in [0.25, 0.3) is 0 Å². The van der Waals surface area contributed by atoms with Gasteiger partial charge in [0.05, 0.1) is 16.3 Å². The molecule has 8 heteroatoms. The van der Waals surface area contributed by atoms with E-state index < -0.39 is 9.84 Å². The predicted molar refractivity (Wildman–Crippen MR) is 109 cm³/mol. The zero-order valence-corrected chi connectivity index (χ0v) is 17.1. The normalized spacial score (nSPS) is 12.2. The van der Waals surface area contributed by atoms with E-state index in [1.54, 1.807) is 30.3 Å². The van der Waals surface area contributed by atoms with Crippen LogP contribution in [0.2, 0.25) is 0 Å². The van der Waals surface area contributed by atoms with Crippen molar-refractivity contribution in [3.05, 3.63) is 47.8 Å². The van der Waals surface area contributed by atoms with E-state index in [0.717, 1.165) is 24.4 Å². The molecule has 0 bridgehead atoms. The van der Waals surface area contributed by atoms with Crippen LogP contribution in [0, 0.1) is 13.8 Å². The average molecular weight is 392 g/mol. The van der Waals surface area contributed by atoms with Crippen LogP contribution in [0.5, 0.6) is 0 Å². The van der Waals surface area contributed by atoms with E-state index in [-0.39, 0.29) is 5.75 Å². The third-order valence-corrected chi connectivity index (χ3v) is 5.74. The van der Waals surface area contributed by atoms with Gasteiger partial charge in [0.25, 0.3) is 0 Å². The first kappa shape index (κ1) is 21.0. The van der Waals surface area contributed by atoms with Crippen LogP contribution < -0.4 is 10.6 Å². The molecule has 2 rings (SSSR count). The monoisotopic (exact) mass is 391 g/mol. The summed E-state index contributed by atoms with van der Waals surface area (Å²) in [7, 11) is -3.29. The summed E-state index contributed by atoms with van der Waals surface area (Å²) in [5, 5.41) is 10.7. The average Bonchev–Trinajstić information content (AvgIpc) is 2.96. The van der Waals surface area contributed by atoms with Crippen LogP contribution in [0.15, 0.2) is 46.3 Å². The number of hydrogen-bond acceptors (Lipinski definition) is 4. The maximum atomic E-state index is 12.3. The van der Waals surface area contributed by atoms with Crippen molar-refractivity contribution in [1.29, 1.82) is 0 Å². The minimum atomic E-state index is -3.29. The zero-order chi connectivity index (χ0) is 19.7. The number of aliphatic imine (C=N–C) groups is 1. The van der Waals surface area contributed by atoms with Crippen molar-refractivity contribution < 1.29 is 8.42 Å². The summed E-state index contributed by atoms with van der Waals surface area (Å²) >= 11 is 0. The number of aryl methyl sites for hydroxylation is 3. The van der Waals surface area contributed by atoms with Gasteiger partial charge >= 0.3 is 0 Å². The Bertz CT molecular complexity index is 844. The molecule has 2 N–H and O–H groups in total. The van der Waals surface area contributed by atoms with Crippen LogP contribution >= 0.6 is 0 Å². The molecule has 1 aromatic carbocycles. The second-order valence-corrected chi connectivity index (χ2v) is 8.43. The van der Waals surface area contributed by atoms with Crippen molar-refractivity contribution in [2.75, 3.05) is 25.4 Å². The molecule has 0 aliphatic heterocycles. The summed E-state index contributed by atoms with van der Waals surface area (Å²) in [5.41, 5.74) is 2.17. The molecular weight excluding hydrogens is 362 g/mol.